The normalized spacial score (nSPS) is 18.4. The van der Waals surface area contributed by atoms with E-state index in [1.165, 1.54) is 4.68 Å². The molecule has 1 aromatic carbocycles. The molecule has 1 fully saturated rings. The minimum Gasteiger partial charge on any atom is -0.454 e. The third-order valence-corrected chi connectivity index (χ3v) is 5.01. The highest BCUT2D eigenvalue weighted by Gasteiger charge is 2.26. The zero-order chi connectivity index (χ0) is 18.8. The van der Waals surface area contributed by atoms with Crippen LogP contribution < -0.4 is 25.2 Å². The Balaban J connectivity index is 1.37. The lowest BCUT2D eigenvalue weighted by Crippen LogP contribution is -2.43. The monoisotopic (exact) mass is 370 g/mol. The molecule has 1 aromatic heterocycles. The fraction of sp³-hybridized carbons (Fsp3) is 0.421. The molecule has 1 N–H and O–H groups in total. The molecular weight excluding hydrogens is 348 g/mol. The van der Waals surface area contributed by atoms with Crippen LogP contribution in [-0.4, -0.2) is 35.6 Å². The molecule has 0 bridgehead atoms. The van der Waals surface area contributed by atoms with E-state index in [1.807, 2.05) is 18.2 Å². The first-order chi connectivity index (χ1) is 13.1. The van der Waals surface area contributed by atoms with Gasteiger partial charge in [0, 0.05) is 32.7 Å². The average Bonchev–Trinajstić information content (AvgIpc) is 3.16. The largest absolute Gasteiger partial charge is 0.454 e. The Hall–Kier alpha value is -3.03. The van der Waals surface area contributed by atoms with Gasteiger partial charge in [-0.05, 0) is 30.5 Å². The molecule has 3 heterocycles. The number of hydrogen-bond acceptors (Lipinski definition) is 6. The molecule has 0 radical (unpaired) electrons. The van der Waals surface area contributed by atoms with Gasteiger partial charge in [-0.25, -0.2) is 4.68 Å². The number of nitrogens with zero attached hydrogens (tertiary/aromatic N) is 3. The van der Waals surface area contributed by atoms with E-state index in [1.54, 1.807) is 19.3 Å². The maximum absolute atomic E-state index is 12.6. The summed E-state index contributed by atoms with van der Waals surface area (Å²) in [7, 11) is 1.62. The van der Waals surface area contributed by atoms with Crippen LogP contribution in [0, 0.1) is 5.92 Å². The first-order valence-corrected chi connectivity index (χ1v) is 9.05. The highest BCUT2D eigenvalue weighted by Crippen LogP contribution is 2.32. The predicted octanol–water partition coefficient (Wildman–Crippen LogP) is 1.04. The molecule has 2 aliphatic heterocycles. The van der Waals surface area contributed by atoms with Crippen LogP contribution in [0.3, 0.4) is 0 Å². The summed E-state index contributed by atoms with van der Waals surface area (Å²) < 4.78 is 12.0. The third kappa shape index (κ3) is 3.74. The quantitative estimate of drug-likeness (QED) is 0.866. The topological polar surface area (TPSA) is 85.7 Å². The average molecular weight is 370 g/mol. The standard InChI is InChI=1S/C19H22N4O4/c1-22-18(24)8-15(10-21-22)23-6-2-3-14(11-23)19(25)20-9-13-4-5-16-17(7-13)27-12-26-16/h4-5,7-8,10,14H,2-3,6,9,11-12H2,1H3,(H,20,25)/t14-/m1/s1. The fourth-order valence-corrected chi connectivity index (χ4v) is 3.44. The maximum atomic E-state index is 12.6. The summed E-state index contributed by atoms with van der Waals surface area (Å²) in [6.07, 6.45) is 3.41. The number of carbonyl (C=O) groups is 1. The molecular formula is C19H22N4O4. The molecule has 1 saturated heterocycles. The summed E-state index contributed by atoms with van der Waals surface area (Å²) in [4.78, 5) is 26.5. The number of rotatable bonds is 4. The van der Waals surface area contributed by atoms with Crippen LogP contribution in [-0.2, 0) is 18.4 Å². The van der Waals surface area contributed by atoms with Crippen molar-refractivity contribution in [2.45, 2.75) is 19.4 Å². The molecule has 0 unspecified atom stereocenters. The van der Waals surface area contributed by atoms with Gasteiger partial charge in [-0.15, -0.1) is 0 Å². The van der Waals surface area contributed by atoms with Crippen molar-refractivity contribution in [1.29, 1.82) is 0 Å². The molecule has 2 aromatic rings. The first kappa shape index (κ1) is 17.4. The van der Waals surface area contributed by atoms with Crippen molar-refractivity contribution in [2.75, 3.05) is 24.8 Å². The molecule has 1 atom stereocenters. The summed E-state index contributed by atoms with van der Waals surface area (Å²) in [6.45, 7) is 2.09. The Morgan fingerprint density at radius 2 is 2.15 bits per heavy atom. The highest BCUT2D eigenvalue weighted by molar-refractivity contribution is 5.79. The number of fused-ring (bicyclic) bond motifs is 1. The second-order valence-electron chi connectivity index (χ2n) is 6.87. The third-order valence-electron chi connectivity index (χ3n) is 5.01. The Kier molecular flexibility index (Phi) is 4.70. The highest BCUT2D eigenvalue weighted by atomic mass is 16.7. The van der Waals surface area contributed by atoms with Crippen LogP contribution in [0.15, 0.2) is 35.3 Å². The van der Waals surface area contributed by atoms with Gasteiger partial charge < -0.3 is 19.7 Å². The number of nitrogens with one attached hydrogen (secondary N) is 1. The van der Waals surface area contributed by atoms with Crippen molar-refractivity contribution in [1.82, 2.24) is 15.1 Å². The lowest BCUT2D eigenvalue weighted by Gasteiger charge is -2.33. The van der Waals surface area contributed by atoms with Gasteiger partial charge in [-0.3, -0.25) is 9.59 Å². The molecule has 8 nitrogen and oxygen atoms in total. The summed E-state index contributed by atoms with van der Waals surface area (Å²) in [5.74, 6) is 1.35. The zero-order valence-corrected chi connectivity index (χ0v) is 15.2. The number of carbonyl (C=O) groups excluding carboxylic acids is 1. The molecule has 142 valence electrons. The van der Waals surface area contributed by atoms with Crippen molar-refractivity contribution in [2.24, 2.45) is 13.0 Å². The van der Waals surface area contributed by atoms with E-state index in [-0.39, 0.29) is 24.2 Å². The minimum atomic E-state index is -0.151. The van der Waals surface area contributed by atoms with Gasteiger partial charge in [0.25, 0.3) is 5.56 Å². The van der Waals surface area contributed by atoms with Gasteiger partial charge in [0.05, 0.1) is 17.8 Å². The van der Waals surface area contributed by atoms with E-state index in [9.17, 15) is 9.59 Å². The number of aryl methyl sites for hydroxylation is 1. The van der Waals surface area contributed by atoms with E-state index < -0.39 is 0 Å². The second kappa shape index (κ2) is 7.30. The van der Waals surface area contributed by atoms with E-state index >= 15 is 0 Å². The van der Waals surface area contributed by atoms with Crippen LogP contribution in [0.2, 0.25) is 0 Å². The van der Waals surface area contributed by atoms with Crippen molar-refractivity contribution in [3.05, 3.63) is 46.4 Å². The number of anilines is 1. The number of ether oxygens (including phenoxy) is 2. The number of aromatic nitrogens is 2. The zero-order valence-electron chi connectivity index (χ0n) is 15.2. The Bertz CT molecular complexity index is 911. The van der Waals surface area contributed by atoms with Crippen molar-refractivity contribution in [3.8, 4) is 11.5 Å². The SMILES string of the molecule is Cn1ncc(N2CCC[C@@H](C(=O)NCc3ccc4c(c3)OCO4)C2)cc1=O. The van der Waals surface area contributed by atoms with Crippen LogP contribution >= 0.6 is 0 Å². The lowest BCUT2D eigenvalue weighted by molar-refractivity contribution is -0.125. The van der Waals surface area contributed by atoms with E-state index in [0.717, 1.165) is 36.4 Å². The van der Waals surface area contributed by atoms with Crippen LogP contribution in [0.1, 0.15) is 18.4 Å². The summed E-state index contributed by atoms with van der Waals surface area (Å²) in [5, 5.41) is 7.08. The maximum Gasteiger partial charge on any atom is 0.268 e. The smallest absolute Gasteiger partial charge is 0.268 e. The number of amides is 1. The molecule has 4 rings (SSSR count). The van der Waals surface area contributed by atoms with E-state index in [0.29, 0.717) is 18.8 Å². The number of hydrogen-bond donors (Lipinski definition) is 1. The van der Waals surface area contributed by atoms with Crippen LogP contribution in [0.4, 0.5) is 5.69 Å². The first-order valence-electron chi connectivity index (χ1n) is 9.05. The van der Waals surface area contributed by atoms with Gasteiger partial charge in [0.2, 0.25) is 12.7 Å². The molecule has 8 heteroatoms. The molecule has 0 spiro atoms. The Labute approximate surface area is 156 Å². The molecule has 1 amide bonds. The summed E-state index contributed by atoms with van der Waals surface area (Å²) in [6, 6.07) is 7.24. The minimum absolute atomic E-state index is 0.0224. The van der Waals surface area contributed by atoms with Crippen LogP contribution in [0.5, 0.6) is 11.5 Å². The molecule has 0 aliphatic carbocycles. The molecule has 0 saturated carbocycles. The predicted molar refractivity (Wildman–Crippen MR) is 98.8 cm³/mol. The van der Waals surface area contributed by atoms with Crippen molar-refractivity contribution < 1.29 is 14.3 Å². The summed E-state index contributed by atoms with van der Waals surface area (Å²) >= 11 is 0. The van der Waals surface area contributed by atoms with E-state index in [2.05, 4.69) is 15.3 Å². The van der Waals surface area contributed by atoms with Crippen molar-refractivity contribution in [3.63, 3.8) is 0 Å². The van der Waals surface area contributed by atoms with Gasteiger partial charge in [-0.1, -0.05) is 6.07 Å². The number of benzene rings is 1. The lowest BCUT2D eigenvalue weighted by atomic mass is 9.96. The second-order valence-corrected chi connectivity index (χ2v) is 6.87. The summed E-state index contributed by atoms with van der Waals surface area (Å²) in [5.41, 5.74) is 1.59. The van der Waals surface area contributed by atoms with Gasteiger partial charge in [0.1, 0.15) is 0 Å². The Morgan fingerprint density at radius 3 is 3.00 bits per heavy atom. The van der Waals surface area contributed by atoms with E-state index in [4.69, 9.17) is 9.47 Å². The molecule has 27 heavy (non-hydrogen) atoms. The van der Waals surface area contributed by atoms with Crippen LogP contribution in [0.25, 0.3) is 0 Å². The number of piperidine rings is 1. The van der Waals surface area contributed by atoms with Gasteiger partial charge in [0.15, 0.2) is 11.5 Å². The Morgan fingerprint density at radius 1 is 1.30 bits per heavy atom. The van der Waals surface area contributed by atoms with Crippen molar-refractivity contribution >= 4 is 11.6 Å². The van der Waals surface area contributed by atoms with Gasteiger partial charge in [-0.2, -0.15) is 5.10 Å². The molecule has 2 aliphatic rings. The van der Waals surface area contributed by atoms with Gasteiger partial charge >= 0.3 is 0 Å². The fourth-order valence-electron chi connectivity index (χ4n) is 3.44.